The van der Waals surface area contributed by atoms with Crippen molar-refractivity contribution in [1.82, 2.24) is 19.6 Å². The molecular weight excluding hydrogens is 234 g/mol. The highest BCUT2D eigenvalue weighted by Crippen LogP contribution is 2.15. The first kappa shape index (κ1) is 12.6. The minimum absolute atomic E-state index is 0.285. The van der Waals surface area contributed by atoms with E-state index in [1.54, 1.807) is 7.11 Å². The minimum Gasteiger partial charge on any atom is -0.383 e. The van der Waals surface area contributed by atoms with Crippen LogP contribution in [0.3, 0.4) is 0 Å². The van der Waals surface area contributed by atoms with Crippen LogP contribution in [0.25, 0.3) is 5.65 Å². The SMILES string of the molecule is CCc1c(C)nc(NCCOC)n2c(=O)[nH]nc12. The van der Waals surface area contributed by atoms with Gasteiger partial charge in [0.1, 0.15) is 0 Å². The third-order valence-electron chi connectivity index (χ3n) is 2.81. The van der Waals surface area contributed by atoms with E-state index >= 15 is 0 Å². The molecule has 0 amide bonds. The van der Waals surface area contributed by atoms with Gasteiger partial charge in [-0.3, -0.25) is 0 Å². The number of hydrogen-bond donors (Lipinski definition) is 2. The quantitative estimate of drug-likeness (QED) is 0.749. The molecule has 0 radical (unpaired) electrons. The third-order valence-corrected chi connectivity index (χ3v) is 2.81. The molecule has 2 aromatic heterocycles. The fourth-order valence-electron chi connectivity index (χ4n) is 1.93. The number of hydrogen-bond acceptors (Lipinski definition) is 5. The highest BCUT2D eigenvalue weighted by atomic mass is 16.5. The molecule has 98 valence electrons. The molecule has 2 heterocycles. The van der Waals surface area contributed by atoms with Crippen molar-refractivity contribution in [2.75, 3.05) is 25.6 Å². The number of H-pyrrole nitrogens is 1. The number of aryl methyl sites for hydroxylation is 2. The summed E-state index contributed by atoms with van der Waals surface area (Å²) in [5.74, 6) is 0.496. The molecule has 18 heavy (non-hydrogen) atoms. The topological polar surface area (TPSA) is 84.3 Å². The van der Waals surface area contributed by atoms with Gasteiger partial charge in [0.25, 0.3) is 0 Å². The predicted octanol–water partition coefficient (Wildman–Crippen LogP) is 0.347. The summed E-state index contributed by atoms with van der Waals surface area (Å²) in [7, 11) is 1.63. The predicted molar refractivity (Wildman–Crippen MR) is 68.1 cm³/mol. The molecule has 0 spiro atoms. The smallest absolute Gasteiger partial charge is 0.350 e. The maximum Gasteiger partial charge on any atom is 0.350 e. The van der Waals surface area contributed by atoms with E-state index in [1.807, 2.05) is 13.8 Å². The second kappa shape index (κ2) is 5.18. The van der Waals surface area contributed by atoms with Gasteiger partial charge in [0, 0.05) is 24.9 Å². The van der Waals surface area contributed by atoms with Crippen LogP contribution >= 0.6 is 0 Å². The molecule has 0 saturated heterocycles. The van der Waals surface area contributed by atoms with Crippen LogP contribution in [0.15, 0.2) is 4.79 Å². The Morgan fingerprint density at radius 3 is 2.94 bits per heavy atom. The number of nitrogens with zero attached hydrogens (tertiary/aromatic N) is 3. The van der Waals surface area contributed by atoms with Crippen molar-refractivity contribution in [3.63, 3.8) is 0 Å². The molecule has 0 atom stereocenters. The largest absolute Gasteiger partial charge is 0.383 e. The van der Waals surface area contributed by atoms with Gasteiger partial charge in [-0.1, -0.05) is 6.92 Å². The molecule has 0 fully saturated rings. The van der Waals surface area contributed by atoms with Crippen LogP contribution in [-0.4, -0.2) is 39.8 Å². The summed E-state index contributed by atoms with van der Waals surface area (Å²) in [5, 5.41) is 9.58. The number of fused-ring (bicyclic) bond motifs is 1. The molecule has 2 rings (SSSR count). The van der Waals surface area contributed by atoms with Gasteiger partial charge in [0.15, 0.2) is 5.65 Å². The first-order valence-electron chi connectivity index (χ1n) is 5.88. The molecular formula is C11H17N5O2. The zero-order valence-electron chi connectivity index (χ0n) is 10.8. The summed E-state index contributed by atoms with van der Waals surface area (Å²) in [6, 6.07) is 0. The Balaban J connectivity index is 2.52. The monoisotopic (exact) mass is 251 g/mol. The lowest BCUT2D eigenvalue weighted by Gasteiger charge is -2.10. The number of anilines is 1. The molecule has 2 N–H and O–H groups in total. The van der Waals surface area contributed by atoms with E-state index in [1.165, 1.54) is 4.40 Å². The van der Waals surface area contributed by atoms with Gasteiger partial charge in [-0.25, -0.2) is 19.3 Å². The molecule has 7 nitrogen and oxygen atoms in total. The van der Waals surface area contributed by atoms with Crippen LogP contribution in [0.1, 0.15) is 18.2 Å². The van der Waals surface area contributed by atoms with Crippen LogP contribution < -0.4 is 11.0 Å². The van der Waals surface area contributed by atoms with Gasteiger partial charge in [0.2, 0.25) is 5.95 Å². The van der Waals surface area contributed by atoms with E-state index in [-0.39, 0.29) is 5.69 Å². The van der Waals surface area contributed by atoms with E-state index in [0.717, 1.165) is 17.7 Å². The number of aromatic amines is 1. The summed E-state index contributed by atoms with van der Waals surface area (Å²) in [5.41, 5.74) is 2.21. The standard InChI is InChI=1S/C11H17N5O2/c1-4-8-7(2)13-10(12-5-6-18-3)16-9(8)14-15-11(16)17/h4-6H2,1-3H3,(H,12,13)(H,15,17). The highest BCUT2D eigenvalue weighted by molar-refractivity contribution is 5.53. The molecule has 7 heteroatoms. The summed E-state index contributed by atoms with van der Waals surface area (Å²) in [6.45, 7) is 5.06. The fraction of sp³-hybridized carbons (Fsp3) is 0.545. The van der Waals surface area contributed by atoms with Crippen molar-refractivity contribution in [3.8, 4) is 0 Å². The molecule has 2 aromatic rings. The Hall–Kier alpha value is -1.89. The lowest BCUT2D eigenvalue weighted by molar-refractivity contribution is 0.210. The third kappa shape index (κ3) is 2.08. The Morgan fingerprint density at radius 2 is 2.28 bits per heavy atom. The Kier molecular flexibility index (Phi) is 3.61. The fourth-order valence-corrected chi connectivity index (χ4v) is 1.93. The lowest BCUT2D eigenvalue weighted by Crippen LogP contribution is -2.19. The van der Waals surface area contributed by atoms with Gasteiger partial charge in [0.05, 0.1) is 6.61 Å². The zero-order chi connectivity index (χ0) is 13.1. The first-order chi connectivity index (χ1) is 8.69. The number of methoxy groups -OCH3 is 1. The number of nitrogens with one attached hydrogen (secondary N) is 2. The van der Waals surface area contributed by atoms with Crippen molar-refractivity contribution >= 4 is 11.6 Å². The van der Waals surface area contributed by atoms with Crippen LogP contribution in [0.4, 0.5) is 5.95 Å². The second-order valence-corrected chi connectivity index (χ2v) is 3.96. The maximum atomic E-state index is 11.7. The number of rotatable bonds is 5. The molecule has 0 unspecified atom stereocenters. The van der Waals surface area contributed by atoms with E-state index in [0.29, 0.717) is 24.7 Å². The van der Waals surface area contributed by atoms with E-state index in [9.17, 15) is 4.79 Å². The first-order valence-corrected chi connectivity index (χ1v) is 5.88. The summed E-state index contributed by atoms with van der Waals surface area (Å²) >= 11 is 0. The average Bonchev–Trinajstić information content (AvgIpc) is 2.72. The van der Waals surface area contributed by atoms with Gasteiger partial charge in [-0.05, 0) is 13.3 Å². The highest BCUT2D eigenvalue weighted by Gasteiger charge is 2.13. The normalized spacial score (nSPS) is 11.1. The second-order valence-electron chi connectivity index (χ2n) is 3.96. The lowest BCUT2D eigenvalue weighted by atomic mass is 10.2. The molecule has 0 saturated carbocycles. The summed E-state index contributed by atoms with van der Waals surface area (Å²) in [6.07, 6.45) is 0.783. The summed E-state index contributed by atoms with van der Waals surface area (Å²) < 4.78 is 6.42. The maximum absolute atomic E-state index is 11.7. The number of ether oxygens (including phenoxy) is 1. The van der Waals surface area contributed by atoms with Crippen molar-refractivity contribution in [2.24, 2.45) is 0 Å². The van der Waals surface area contributed by atoms with E-state index < -0.39 is 0 Å². The Morgan fingerprint density at radius 1 is 1.50 bits per heavy atom. The van der Waals surface area contributed by atoms with Gasteiger partial charge in [-0.2, -0.15) is 5.10 Å². The molecule has 0 aliphatic carbocycles. The molecule has 0 bridgehead atoms. The Bertz CT molecular complexity index is 601. The van der Waals surface area contributed by atoms with Crippen molar-refractivity contribution in [1.29, 1.82) is 0 Å². The molecule has 0 aliphatic heterocycles. The summed E-state index contributed by atoms with van der Waals surface area (Å²) in [4.78, 5) is 16.2. The minimum atomic E-state index is -0.285. The van der Waals surface area contributed by atoms with Crippen molar-refractivity contribution in [2.45, 2.75) is 20.3 Å². The zero-order valence-corrected chi connectivity index (χ0v) is 10.8. The Labute approximate surface area is 104 Å². The van der Waals surface area contributed by atoms with Crippen LogP contribution in [-0.2, 0) is 11.2 Å². The van der Waals surface area contributed by atoms with E-state index in [2.05, 4.69) is 20.5 Å². The molecule has 0 aliphatic rings. The van der Waals surface area contributed by atoms with Crippen molar-refractivity contribution < 1.29 is 4.74 Å². The van der Waals surface area contributed by atoms with Crippen LogP contribution in [0.5, 0.6) is 0 Å². The number of aromatic nitrogens is 4. The van der Waals surface area contributed by atoms with Gasteiger partial charge >= 0.3 is 5.69 Å². The van der Waals surface area contributed by atoms with Crippen LogP contribution in [0, 0.1) is 6.92 Å². The van der Waals surface area contributed by atoms with Gasteiger partial charge in [-0.15, -0.1) is 0 Å². The van der Waals surface area contributed by atoms with E-state index in [4.69, 9.17) is 4.74 Å². The molecule has 0 aromatic carbocycles. The van der Waals surface area contributed by atoms with Crippen LogP contribution in [0.2, 0.25) is 0 Å². The average molecular weight is 251 g/mol. The van der Waals surface area contributed by atoms with Crippen molar-refractivity contribution in [3.05, 3.63) is 21.7 Å². The van der Waals surface area contributed by atoms with Gasteiger partial charge < -0.3 is 10.1 Å².